The summed E-state index contributed by atoms with van der Waals surface area (Å²) in [5, 5.41) is 4.85. The molecule has 0 aliphatic carbocycles. The van der Waals surface area contributed by atoms with Gasteiger partial charge in [0.2, 0.25) is 0 Å². The third-order valence-electron chi connectivity index (χ3n) is 2.91. The number of ether oxygens (including phenoxy) is 1. The summed E-state index contributed by atoms with van der Waals surface area (Å²) in [6.45, 7) is 1.98. The van der Waals surface area contributed by atoms with Gasteiger partial charge in [0.1, 0.15) is 11.3 Å². The molecule has 122 valence electrons. The zero-order chi connectivity index (χ0) is 17.0. The number of hydrogen-bond donors (Lipinski definition) is 0. The summed E-state index contributed by atoms with van der Waals surface area (Å²) in [6.07, 6.45) is 3.39. The first kappa shape index (κ1) is 17.4. The van der Waals surface area contributed by atoms with Gasteiger partial charge in [0.25, 0.3) is 0 Å². The second kappa shape index (κ2) is 7.53. The van der Waals surface area contributed by atoms with Gasteiger partial charge in [-0.25, -0.2) is 4.79 Å². The molecule has 0 N–H and O–H groups in total. The largest absolute Gasteiger partial charge is 0.462 e. The van der Waals surface area contributed by atoms with Crippen molar-refractivity contribution in [1.82, 2.24) is 10.1 Å². The van der Waals surface area contributed by atoms with Gasteiger partial charge >= 0.3 is 5.97 Å². The first-order chi connectivity index (χ1) is 10.9. The molecule has 2 aromatic rings. The quantitative estimate of drug-likeness (QED) is 0.746. The van der Waals surface area contributed by atoms with Crippen molar-refractivity contribution in [3.05, 3.63) is 45.8 Å². The Morgan fingerprint density at radius 2 is 2.13 bits per heavy atom. The molecule has 0 fully saturated rings. The molecule has 1 aromatic carbocycles. The maximum absolute atomic E-state index is 12.3. The average Bonchev–Trinajstić information content (AvgIpc) is 2.89. The van der Waals surface area contributed by atoms with E-state index in [0.717, 1.165) is 0 Å². The molecule has 0 aliphatic rings. The number of benzene rings is 1. The Kier molecular flexibility index (Phi) is 5.69. The lowest BCUT2D eigenvalue weighted by Crippen LogP contribution is -2.07. The predicted molar refractivity (Wildman–Crippen MR) is 90.6 cm³/mol. The first-order valence-electron chi connectivity index (χ1n) is 6.90. The summed E-state index contributed by atoms with van der Waals surface area (Å²) < 4.78 is 10.4. The summed E-state index contributed by atoms with van der Waals surface area (Å²) in [5.41, 5.74) is 1.10. The van der Waals surface area contributed by atoms with Crippen molar-refractivity contribution in [1.29, 1.82) is 0 Å². The summed E-state index contributed by atoms with van der Waals surface area (Å²) in [5.74, 6) is -0.216. The van der Waals surface area contributed by atoms with E-state index in [0.29, 0.717) is 27.1 Å². The molecule has 0 saturated heterocycles. The Morgan fingerprint density at radius 3 is 2.74 bits per heavy atom. The van der Waals surface area contributed by atoms with Crippen molar-refractivity contribution in [3.8, 4) is 11.3 Å². The summed E-state index contributed by atoms with van der Waals surface area (Å²) in [6, 6.07) is 4.93. The van der Waals surface area contributed by atoms with E-state index in [1.54, 1.807) is 37.4 Å². The van der Waals surface area contributed by atoms with Crippen molar-refractivity contribution in [2.45, 2.75) is 6.92 Å². The molecule has 0 unspecified atom stereocenters. The highest BCUT2D eigenvalue weighted by molar-refractivity contribution is 6.36. The molecule has 0 bridgehead atoms. The third-order valence-corrected chi connectivity index (χ3v) is 3.46. The van der Waals surface area contributed by atoms with E-state index >= 15 is 0 Å². The molecule has 23 heavy (non-hydrogen) atoms. The molecule has 7 heteroatoms. The van der Waals surface area contributed by atoms with E-state index in [1.807, 2.05) is 19.0 Å². The van der Waals surface area contributed by atoms with Crippen LogP contribution in [0.4, 0.5) is 0 Å². The molecule has 0 spiro atoms. The monoisotopic (exact) mass is 354 g/mol. The van der Waals surface area contributed by atoms with Crippen molar-refractivity contribution in [2.75, 3.05) is 20.7 Å². The van der Waals surface area contributed by atoms with Crippen LogP contribution in [0, 0.1) is 0 Å². The van der Waals surface area contributed by atoms with E-state index in [1.165, 1.54) is 0 Å². The Morgan fingerprint density at radius 1 is 1.39 bits per heavy atom. The number of halogens is 2. The fraction of sp³-hybridized carbons (Fsp3) is 0.250. The number of esters is 1. The SMILES string of the molecule is CCOC(=O)c1c(-c2ccc(Cl)cc2Cl)noc1/C=C/N(C)C. The second-order valence-electron chi connectivity index (χ2n) is 4.89. The van der Waals surface area contributed by atoms with Gasteiger partial charge in [-0.05, 0) is 25.1 Å². The Labute approximate surface area is 144 Å². The Balaban J connectivity index is 2.57. The molecular weight excluding hydrogens is 339 g/mol. The fourth-order valence-corrected chi connectivity index (χ4v) is 2.40. The third kappa shape index (κ3) is 4.06. The highest BCUT2D eigenvalue weighted by Crippen LogP contribution is 2.34. The molecule has 2 rings (SSSR count). The van der Waals surface area contributed by atoms with E-state index in [-0.39, 0.29) is 12.2 Å². The van der Waals surface area contributed by atoms with Gasteiger partial charge in [-0.1, -0.05) is 28.4 Å². The van der Waals surface area contributed by atoms with Gasteiger partial charge in [-0.15, -0.1) is 0 Å². The number of carbonyl (C=O) groups is 1. The van der Waals surface area contributed by atoms with Crippen LogP contribution in [0.3, 0.4) is 0 Å². The van der Waals surface area contributed by atoms with Crippen LogP contribution in [0.5, 0.6) is 0 Å². The lowest BCUT2D eigenvalue weighted by molar-refractivity contribution is 0.0526. The lowest BCUT2D eigenvalue weighted by atomic mass is 10.1. The van der Waals surface area contributed by atoms with Crippen LogP contribution in [0.2, 0.25) is 10.0 Å². The van der Waals surface area contributed by atoms with Crippen LogP contribution < -0.4 is 0 Å². The highest BCUT2D eigenvalue weighted by Gasteiger charge is 2.25. The molecular formula is C16H16Cl2N2O3. The van der Waals surface area contributed by atoms with E-state index < -0.39 is 5.97 Å². The average molecular weight is 355 g/mol. The van der Waals surface area contributed by atoms with E-state index in [4.69, 9.17) is 32.5 Å². The molecule has 0 saturated carbocycles. The van der Waals surface area contributed by atoms with Gasteiger partial charge in [0, 0.05) is 37.0 Å². The van der Waals surface area contributed by atoms with Gasteiger partial charge < -0.3 is 14.2 Å². The van der Waals surface area contributed by atoms with E-state index in [2.05, 4.69) is 5.16 Å². The topological polar surface area (TPSA) is 55.6 Å². The number of aromatic nitrogens is 1. The zero-order valence-corrected chi connectivity index (χ0v) is 14.5. The lowest BCUT2D eigenvalue weighted by Gasteiger charge is -2.05. The Bertz CT molecular complexity index is 739. The highest BCUT2D eigenvalue weighted by atomic mass is 35.5. The maximum atomic E-state index is 12.3. The van der Waals surface area contributed by atoms with Crippen molar-refractivity contribution in [3.63, 3.8) is 0 Å². The number of rotatable bonds is 5. The van der Waals surface area contributed by atoms with Gasteiger partial charge in [-0.2, -0.15) is 0 Å². The minimum atomic E-state index is -0.520. The van der Waals surface area contributed by atoms with Crippen LogP contribution in [-0.2, 0) is 4.74 Å². The standard InChI is InChI=1S/C16H16Cl2N2O3/c1-4-22-16(21)14-13(7-8-20(2)3)23-19-15(14)11-6-5-10(17)9-12(11)18/h5-9H,4H2,1-3H3/b8-7+. The minimum absolute atomic E-state index is 0.231. The molecule has 1 heterocycles. The maximum Gasteiger partial charge on any atom is 0.344 e. The molecule has 0 aliphatic heterocycles. The second-order valence-corrected chi connectivity index (χ2v) is 5.74. The van der Waals surface area contributed by atoms with Crippen LogP contribution >= 0.6 is 23.2 Å². The summed E-state index contributed by atoms with van der Waals surface area (Å²) >= 11 is 12.1. The first-order valence-corrected chi connectivity index (χ1v) is 7.66. The van der Waals surface area contributed by atoms with Crippen molar-refractivity contribution < 1.29 is 14.1 Å². The molecule has 5 nitrogen and oxygen atoms in total. The van der Waals surface area contributed by atoms with Crippen LogP contribution in [-0.4, -0.2) is 36.7 Å². The summed E-state index contributed by atoms with van der Waals surface area (Å²) in [7, 11) is 3.71. The molecule has 0 amide bonds. The van der Waals surface area contributed by atoms with Gasteiger partial charge in [0.05, 0.1) is 11.6 Å². The predicted octanol–water partition coefficient (Wildman–Crippen LogP) is 4.36. The van der Waals surface area contributed by atoms with Crippen molar-refractivity contribution in [2.24, 2.45) is 0 Å². The smallest absolute Gasteiger partial charge is 0.344 e. The number of nitrogens with zero attached hydrogens (tertiary/aromatic N) is 2. The fourth-order valence-electron chi connectivity index (χ4n) is 1.90. The van der Waals surface area contributed by atoms with E-state index in [9.17, 15) is 4.79 Å². The van der Waals surface area contributed by atoms with Crippen molar-refractivity contribution >= 4 is 35.2 Å². The zero-order valence-electron chi connectivity index (χ0n) is 13.0. The van der Waals surface area contributed by atoms with Crippen LogP contribution in [0.1, 0.15) is 23.0 Å². The Hall–Kier alpha value is -1.98. The number of carbonyl (C=O) groups excluding carboxylic acids is 1. The summed E-state index contributed by atoms with van der Waals surface area (Å²) in [4.78, 5) is 14.1. The van der Waals surface area contributed by atoms with Crippen LogP contribution in [0.25, 0.3) is 17.3 Å². The van der Waals surface area contributed by atoms with Gasteiger partial charge in [-0.3, -0.25) is 0 Å². The number of hydrogen-bond acceptors (Lipinski definition) is 5. The molecule has 1 aromatic heterocycles. The van der Waals surface area contributed by atoms with Crippen LogP contribution in [0.15, 0.2) is 28.9 Å². The molecule has 0 radical (unpaired) electrons. The minimum Gasteiger partial charge on any atom is -0.462 e. The van der Waals surface area contributed by atoms with Gasteiger partial charge in [0.15, 0.2) is 5.76 Å². The molecule has 0 atom stereocenters. The normalized spacial score (nSPS) is 11.0.